The molecule has 0 unspecified atom stereocenters. The molecule has 0 aliphatic heterocycles. The molecule has 0 bridgehead atoms. The molecular weight excluding hydrogens is 269 g/mol. The second-order valence-corrected chi connectivity index (χ2v) is 2.40. The first-order valence-electron chi connectivity index (χ1n) is 2.36. The van der Waals surface area contributed by atoms with Crippen molar-refractivity contribution in [3.8, 4) is 0 Å². The monoisotopic (exact) mass is 276 g/mol. The molecule has 0 saturated carbocycles. The van der Waals surface area contributed by atoms with Crippen LogP contribution in [0.4, 0.5) is 0 Å². The maximum absolute atomic E-state index is 5.31. The Bertz CT molecular complexity index is 41.2. The van der Waals surface area contributed by atoms with Gasteiger partial charge in [-0.1, -0.05) is 0 Å². The van der Waals surface area contributed by atoms with E-state index in [1.54, 1.807) is 0 Å². The molecule has 4 heteroatoms. The molecule has 0 nitrogen and oxygen atoms in total. The Labute approximate surface area is 81.0 Å². The number of rotatable bonds is 3. The molecular formula is C5H8Cl3Rh. The van der Waals surface area contributed by atoms with Crippen molar-refractivity contribution < 1.29 is 17.3 Å². The average molecular weight is 277 g/mol. The topological polar surface area (TPSA) is 0 Å². The van der Waals surface area contributed by atoms with Crippen LogP contribution in [0.25, 0.3) is 0 Å². The molecule has 0 fully saturated rings. The predicted molar refractivity (Wildman–Crippen MR) is 40.0 cm³/mol. The Balaban J connectivity index is 0. The molecule has 0 aliphatic rings. The molecule has 9 heavy (non-hydrogen) atoms. The van der Waals surface area contributed by atoms with Crippen LogP contribution in [0.15, 0.2) is 0 Å². The van der Waals surface area contributed by atoms with Gasteiger partial charge in [-0.15, -0.1) is 11.3 Å². The van der Waals surface area contributed by atoms with Gasteiger partial charge in [0.05, 0.1) is 0 Å². The van der Waals surface area contributed by atoms with Gasteiger partial charge in [-0.05, 0) is 0 Å². The van der Waals surface area contributed by atoms with Crippen molar-refractivity contribution in [3.05, 3.63) is 11.8 Å². The number of unbranched alkanes of at least 4 members (excludes halogenated alkanes) is 1. The Morgan fingerprint density at radius 1 is 1.33 bits per heavy atom. The standard InChI is InChI=1S/C5H8Cl2.ClH.Rh/c1-2-3-4-5(6)7;;/h1-4H2;1H;/q-2;;+3/p-1. The zero-order valence-electron chi connectivity index (χ0n) is 4.80. The van der Waals surface area contributed by atoms with Crippen LogP contribution in [0.5, 0.6) is 0 Å². The summed E-state index contributed by atoms with van der Waals surface area (Å²) >= 11 is 12.6. The van der Waals surface area contributed by atoms with Crippen LogP contribution in [0, 0.1) is 11.8 Å². The Kier molecular flexibility index (Phi) is 17.8. The zero-order valence-corrected chi connectivity index (χ0v) is 8.70. The number of hydrogen-bond acceptors (Lipinski definition) is 0. The summed E-state index contributed by atoms with van der Waals surface area (Å²) in [7, 11) is 4.53. The molecule has 58 valence electrons. The third kappa shape index (κ3) is 17.7. The van der Waals surface area contributed by atoms with Gasteiger partial charge >= 0.3 is 27.0 Å². The molecule has 0 aromatic heterocycles. The summed E-state index contributed by atoms with van der Waals surface area (Å²) in [4.78, 5) is 0.462. The Morgan fingerprint density at radius 3 is 1.89 bits per heavy atom. The van der Waals surface area contributed by atoms with E-state index in [9.17, 15) is 0 Å². The molecule has 0 saturated heterocycles. The van der Waals surface area contributed by atoms with Gasteiger partial charge < -0.3 is 30.1 Å². The third-order valence-electron chi connectivity index (χ3n) is 0.616. The van der Waals surface area contributed by atoms with Crippen molar-refractivity contribution >= 4 is 32.9 Å². The van der Waals surface area contributed by atoms with Gasteiger partial charge in [-0.25, -0.2) is 0 Å². The third-order valence-corrected chi connectivity index (χ3v) is 0.994. The molecule has 0 atom stereocenters. The first kappa shape index (κ1) is 13.1. The summed E-state index contributed by atoms with van der Waals surface area (Å²) in [6.45, 7) is 3.63. The second kappa shape index (κ2) is 12.2. The van der Waals surface area contributed by atoms with Gasteiger partial charge in [0.25, 0.3) is 0 Å². The first-order chi connectivity index (χ1) is 4.27. The van der Waals surface area contributed by atoms with E-state index in [4.69, 9.17) is 23.2 Å². The van der Waals surface area contributed by atoms with Gasteiger partial charge in [0.15, 0.2) is 0 Å². The van der Waals surface area contributed by atoms with E-state index in [1.165, 1.54) is 0 Å². The summed E-state index contributed by atoms with van der Waals surface area (Å²) in [6, 6.07) is 0. The molecule has 0 aliphatic carbocycles. The minimum atomic E-state index is 0.462. The van der Waals surface area contributed by atoms with Crippen LogP contribution < -0.4 is 0 Å². The zero-order chi connectivity index (χ0) is 7.70. The molecule has 0 radical (unpaired) electrons. The van der Waals surface area contributed by atoms with Crippen molar-refractivity contribution in [1.29, 1.82) is 0 Å². The van der Waals surface area contributed by atoms with Crippen molar-refractivity contribution in [2.75, 3.05) is 0 Å². The summed E-state index contributed by atoms with van der Waals surface area (Å²) in [5, 5.41) is 0. The maximum atomic E-state index is 5.31. The summed E-state index contributed by atoms with van der Waals surface area (Å²) in [5.41, 5.74) is 0. The van der Waals surface area contributed by atoms with Crippen LogP contribution in [0.2, 0.25) is 0 Å². The second-order valence-electron chi connectivity index (χ2n) is 1.30. The predicted octanol–water partition coefficient (Wildman–Crippen LogP) is 3.64. The SMILES string of the molecule is [CH2-]CCC[C-](Cl)Cl.[Cl][Rh+2]. The van der Waals surface area contributed by atoms with E-state index in [2.05, 4.69) is 16.6 Å². The van der Waals surface area contributed by atoms with Gasteiger partial charge in [0, 0.05) is 0 Å². The van der Waals surface area contributed by atoms with Crippen molar-refractivity contribution in [2.45, 2.75) is 19.3 Å². The summed E-state index contributed by atoms with van der Waals surface area (Å²) < 4.78 is 0. The fraction of sp³-hybridized carbons (Fsp3) is 0.600. The van der Waals surface area contributed by atoms with Crippen LogP contribution in [-0.2, 0) is 17.3 Å². The average Bonchev–Trinajstić information content (AvgIpc) is 1.88. The first-order valence-corrected chi connectivity index (χ1v) is 5.22. The molecule has 0 amide bonds. The van der Waals surface area contributed by atoms with Gasteiger partial charge in [-0.2, -0.15) is 12.8 Å². The van der Waals surface area contributed by atoms with E-state index >= 15 is 0 Å². The molecule has 0 spiro atoms. The van der Waals surface area contributed by atoms with E-state index in [0.29, 0.717) is 4.84 Å². The van der Waals surface area contributed by atoms with Crippen molar-refractivity contribution in [2.24, 2.45) is 0 Å². The van der Waals surface area contributed by atoms with Crippen molar-refractivity contribution in [3.63, 3.8) is 0 Å². The van der Waals surface area contributed by atoms with Crippen LogP contribution in [0.3, 0.4) is 0 Å². The van der Waals surface area contributed by atoms with Crippen LogP contribution >= 0.6 is 32.9 Å². The fourth-order valence-electron chi connectivity index (χ4n) is 0.259. The number of halogens is 3. The number of hydrogen-bond donors (Lipinski definition) is 0. The Hall–Kier alpha value is 1.49. The Morgan fingerprint density at radius 2 is 1.78 bits per heavy atom. The minimum absolute atomic E-state index is 0.462. The van der Waals surface area contributed by atoms with Gasteiger partial charge in [0.2, 0.25) is 0 Å². The van der Waals surface area contributed by atoms with E-state index < -0.39 is 0 Å². The van der Waals surface area contributed by atoms with Crippen LogP contribution in [-0.4, -0.2) is 0 Å². The van der Waals surface area contributed by atoms with Crippen LogP contribution in [0.1, 0.15) is 19.3 Å². The van der Waals surface area contributed by atoms with Gasteiger partial charge in [0.1, 0.15) is 0 Å². The van der Waals surface area contributed by atoms with Crippen molar-refractivity contribution in [1.82, 2.24) is 0 Å². The molecule has 0 heterocycles. The van der Waals surface area contributed by atoms with E-state index in [0.717, 1.165) is 19.3 Å². The van der Waals surface area contributed by atoms with E-state index in [-0.39, 0.29) is 0 Å². The molecule has 0 aromatic carbocycles. The normalized spacial score (nSPS) is 8.67. The van der Waals surface area contributed by atoms with E-state index in [1.807, 2.05) is 17.3 Å². The summed E-state index contributed by atoms with van der Waals surface area (Å²) in [6.07, 6.45) is 2.68. The molecule has 0 N–H and O–H groups in total. The molecule has 0 rings (SSSR count). The summed E-state index contributed by atoms with van der Waals surface area (Å²) in [5.74, 6) is 0. The van der Waals surface area contributed by atoms with Gasteiger partial charge in [-0.3, -0.25) is 0 Å². The fourth-order valence-corrected chi connectivity index (χ4v) is 0.526. The molecule has 0 aromatic rings. The quantitative estimate of drug-likeness (QED) is 0.546.